The average Bonchev–Trinajstić information content (AvgIpc) is 3.00. The summed E-state index contributed by atoms with van der Waals surface area (Å²) in [6.07, 6.45) is 2.12. The molecule has 5 heteroatoms. The molecular formula is C12H15NO3S. The Labute approximate surface area is 104 Å². The molecule has 17 heavy (non-hydrogen) atoms. The Balaban J connectivity index is 1.92. The molecule has 1 N–H and O–H groups in total. The highest BCUT2D eigenvalue weighted by molar-refractivity contribution is 7.09. The van der Waals surface area contributed by atoms with Crippen LogP contribution in [0.4, 0.5) is 0 Å². The van der Waals surface area contributed by atoms with Crippen molar-refractivity contribution in [1.29, 1.82) is 0 Å². The first-order valence-corrected chi connectivity index (χ1v) is 6.58. The second-order valence-electron chi connectivity index (χ2n) is 4.23. The lowest BCUT2D eigenvalue weighted by Crippen LogP contribution is -2.32. The quantitative estimate of drug-likeness (QED) is 0.844. The van der Waals surface area contributed by atoms with Crippen LogP contribution >= 0.6 is 11.3 Å². The highest BCUT2D eigenvalue weighted by Gasteiger charge is 2.32. The molecule has 1 aliphatic rings. The molecule has 1 amide bonds. The Morgan fingerprint density at radius 1 is 1.41 bits per heavy atom. The summed E-state index contributed by atoms with van der Waals surface area (Å²) < 4.78 is 0. The second kappa shape index (κ2) is 5.31. The van der Waals surface area contributed by atoms with Crippen LogP contribution in [0.2, 0.25) is 0 Å². The summed E-state index contributed by atoms with van der Waals surface area (Å²) in [7, 11) is 0. The van der Waals surface area contributed by atoms with Crippen LogP contribution in [0.1, 0.15) is 30.6 Å². The predicted octanol–water partition coefficient (Wildman–Crippen LogP) is 2.10. The average molecular weight is 253 g/mol. The number of carboxylic acid groups (broad SMARTS) is 1. The van der Waals surface area contributed by atoms with Crippen molar-refractivity contribution in [2.45, 2.75) is 38.3 Å². The van der Waals surface area contributed by atoms with E-state index in [0.29, 0.717) is 12.6 Å². The van der Waals surface area contributed by atoms with Crippen LogP contribution in [0.3, 0.4) is 0 Å². The molecule has 0 bridgehead atoms. The molecule has 0 radical (unpaired) electrons. The summed E-state index contributed by atoms with van der Waals surface area (Å²) in [5, 5.41) is 10.6. The number of aliphatic carboxylic acids is 1. The second-order valence-corrected chi connectivity index (χ2v) is 5.26. The lowest BCUT2D eigenvalue weighted by atomic mass is 10.2. The van der Waals surface area contributed by atoms with Crippen LogP contribution in [0.5, 0.6) is 0 Å². The molecule has 0 unspecified atom stereocenters. The zero-order chi connectivity index (χ0) is 12.3. The molecule has 1 fully saturated rings. The molecule has 4 nitrogen and oxygen atoms in total. The SMILES string of the molecule is O=C(O)CCC(=O)N(Cc1cccs1)C1CC1. The van der Waals surface area contributed by atoms with Gasteiger partial charge in [-0.1, -0.05) is 6.07 Å². The summed E-state index contributed by atoms with van der Waals surface area (Å²) in [5.41, 5.74) is 0. The first-order valence-electron chi connectivity index (χ1n) is 5.70. The first kappa shape index (κ1) is 12.1. The number of hydrogen-bond acceptors (Lipinski definition) is 3. The molecule has 1 aliphatic carbocycles. The van der Waals surface area contributed by atoms with Crippen molar-refractivity contribution in [1.82, 2.24) is 4.90 Å². The molecule has 0 aliphatic heterocycles. The topological polar surface area (TPSA) is 57.6 Å². The summed E-state index contributed by atoms with van der Waals surface area (Å²) in [5.74, 6) is -0.950. The van der Waals surface area contributed by atoms with Gasteiger partial charge in [0.15, 0.2) is 0 Å². The van der Waals surface area contributed by atoms with E-state index in [9.17, 15) is 9.59 Å². The van der Waals surface area contributed by atoms with Crippen molar-refractivity contribution >= 4 is 23.2 Å². The number of nitrogens with zero attached hydrogens (tertiary/aromatic N) is 1. The molecule has 1 aromatic rings. The maximum atomic E-state index is 11.9. The van der Waals surface area contributed by atoms with Crippen molar-refractivity contribution < 1.29 is 14.7 Å². The van der Waals surface area contributed by atoms with Crippen molar-refractivity contribution in [2.24, 2.45) is 0 Å². The Bertz CT molecular complexity index is 398. The van der Waals surface area contributed by atoms with Crippen molar-refractivity contribution in [3.63, 3.8) is 0 Å². The third-order valence-corrected chi connectivity index (χ3v) is 3.63. The van der Waals surface area contributed by atoms with Gasteiger partial charge in [0, 0.05) is 17.3 Å². The smallest absolute Gasteiger partial charge is 0.303 e. The fourth-order valence-corrected chi connectivity index (χ4v) is 2.44. The summed E-state index contributed by atoms with van der Waals surface area (Å²) in [4.78, 5) is 25.4. The number of rotatable bonds is 6. The van der Waals surface area contributed by atoms with Crippen LogP contribution in [0.15, 0.2) is 17.5 Å². The summed E-state index contributed by atoms with van der Waals surface area (Å²) in [6, 6.07) is 4.30. The van der Waals surface area contributed by atoms with E-state index >= 15 is 0 Å². The normalized spacial score (nSPS) is 14.6. The van der Waals surface area contributed by atoms with Crippen LogP contribution in [0.25, 0.3) is 0 Å². The standard InChI is InChI=1S/C12H15NO3S/c14-11(5-6-12(15)16)13(9-3-4-9)8-10-2-1-7-17-10/h1-2,7,9H,3-6,8H2,(H,15,16). The molecule has 1 saturated carbocycles. The number of carboxylic acids is 1. The maximum Gasteiger partial charge on any atom is 0.303 e. The van der Waals surface area contributed by atoms with Gasteiger partial charge >= 0.3 is 5.97 Å². The molecule has 0 aromatic carbocycles. The Hall–Kier alpha value is -1.36. The molecule has 1 heterocycles. The van der Waals surface area contributed by atoms with E-state index in [1.165, 1.54) is 0 Å². The Morgan fingerprint density at radius 3 is 2.71 bits per heavy atom. The van der Waals surface area contributed by atoms with Crippen LogP contribution < -0.4 is 0 Å². The van der Waals surface area contributed by atoms with Crippen molar-refractivity contribution in [3.05, 3.63) is 22.4 Å². The molecule has 1 aromatic heterocycles. The van der Waals surface area contributed by atoms with Crippen molar-refractivity contribution in [3.8, 4) is 0 Å². The monoisotopic (exact) mass is 253 g/mol. The highest BCUT2D eigenvalue weighted by atomic mass is 32.1. The lowest BCUT2D eigenvalue weighted by Gasteiger charge is -2.21. The fourth-order valence-electron chi connectivity index (χ4n) is 1.74. The number of carbonyl (C=O) groups is 2. The molecular weight excluding hydrogens is 238 g/mol. The van der Waals surface area contributed by atoms with Gasteiger partial charge in [0.25, 0.3) is 0 Å². The predicted molar refractivity (Wildman–Crippen MR) is 64.8 cm³/mol. The largest absolute Gasteiger partial charge is 0.481 e. The maximum absolute atomic E-state index is 11.9. The van der Waals surface area contributed by atoms with Crippen molar-refractivity contribution in [2.75, 3.05) is 0 Å². The van der Waals surface area contributed by atoms with Gasteiger partial charge in [0.05, 0.1) is 13.0 Å². The minimum atomic E-state index is -0.912. The summed E-state index contributed by atoms with van der Waals surface area (Å²) in [6.45, 7) is 0.626. The molecule has 92 valence electrons. The van der Waals surface area contributed by atoms with E-state index in [2.05, 4.69) is 0 Å². The molecule has 0 atom stereocenters. The van der Waals surface area contributed by atoms with Gasteiger partial charge in [-0.25, -0.2) is 0 Å². The zero-order valence-corrected chi connectivity index (χ0v) is 10.3. The van der Waals surface area contributed by atoms with E-state index < -0.39 is 5.97 Å². The fraction of sp³-hybridized carbons (Fsp3) is 0.500. The van der Waals surface area contributed by atoms with E-state index in [0.717, 1.165) is 17.7 Å². The molecule has 2 rings (SSSR count). The van der Waals surface area contributed by atoms with Gasteiger partial charge in [0.1, 0.15) is 0 Å². The molecule has 0 spiro atoms. The van der Waals surface area contributed by atoms with Gasteiger partial charge < -0.3 is 10.0 Å². The lowest BCUT2D eigenvalue weighted by molar-refractivity contribution is -0.141. The number of carbonyl (C=O) groups excluding carboxylic acids is 1. The van der Waals surface area contributed by atoms with E-state index in [1.54, 1.807) is 11.3 Å². The van der Waals surface area contributed by atoms with Gasteiger partial charge in [-0.15, -0.1) is 11.3 Å². The van der Waals surface area contributed by atoms with Gasteiger partial charge in [-0.3, -0.25) is 9.59 Å². The number of thiophene rings is 1. The van der Waals surface area contributed by atoms with Crippen LogP contribution in [-0.4, -0.2) is 27.9 Å². The van der Waals surface area contributed by atoms with Gasteiger partial charge in [0.2, 0.25) is 5.91 Å². The van der Waals surface area contributed by atoms with E-state index in [-0.39, 0.29) is 18.7 Å². The third-order valence-electron chi connectivity index (χ3n) is 2.77. The summed E-state index contributed by atoms with van der Waals surface area (Å²) >= 11 is 1.63. The number of amides is 1. The van der Waals surface area contributed by atoms with Gasteiger partial charge in [-0.2, -0.15) is 0 Å². The highest BCUT2D eigenvalue weighted by Crippen LogP contribution is 2.29. The van der Waals surface area contributed by atoms with E-state index in [4.69, 9.17) is 5.11 Å². The Kier molecular flexibility index (Phi) is 3.78. The minimum Gasteiger partial charge on any atom is -0.481 e. The zero-order valence-electron chi connectivity index (χ0n) is 9.46. The van der Waals surface area contributed by atoms with Crippen LogP contribution in [0, 0.1) is 0 Å². The van der Waals surface area contributed by atoms with E-state index in [1.807, 2.05) is 22.4 Å². The van der Waals surface area contributed by atoms with Gasteiger partial charge in [-0.05, 0) is 24.3 Å². The molecule has 0 saturated heterocycles. The van der Waals surface area contributed by atoms with Crippen LogP contribution in [-0.2, 0) is 16.1 Å². The third kappa shape index (κ3) is 3.56. The minimum absolute atomic E-state index is 0.0386. The number of hydrogen-bond donors (Lipinski definition) is 1. The first-order chi connectivity index (χ1) is 8.16. The Morgan fingerprint density at radius 2 is 2.18 bits per heavy atom.